The molecule has 1 fully saturated rings. The van der Waals surface area contributed by atoms with Crippen molar-refractivity contribution in [3.05, 3.63) is 102 Å². The van der Waals surface area contributed by atoms with Crippen LogP contribution in [0.2, 0.25) is 0 Å². The second-order valence-corrected chi connectivity index (χ2v) is 9.39. The molecule has 30 heavy (non-hydrogen) atoms. The van der Waals surface area contributed by atoms with E-state index in [2.05, 4.69) is 5.32 Å². The van der Waals surface area contributed by atoms with Gasteiger partial charge < -0.3 is 5.32 Å². The molecule has 0 aromatic heterocycles. The van der Waals surface area contributed by atoms with Crippen molar-refractivity contribution in [1.82, 2.24) is 5.32 Å². The molecule has 3 aromatic carbocycles. The molecule has 0 atom stereocenters. The third-order valence-corrected chi connectivity index (χ3v) is 7.16. The van der Waals surface area contributed by atoms with Crippen molar-refractivity contribution in [3.8, 4) is 0 Å². The Morgan fingerprint density at radius 2 is 1.47 bits per heavy atom. The molecule has 6 heteroatoms. The number of nitrogens with one attached hydrogen (secondary N) is 1. The Morgan fingerprint density at radius 3 is 2.07 bits per heavy atom. The van der Waals surface area contributed by atoms with Crippen LogP contribution in [0.25, 0.3) is 0 Å². The maximum atomic E-state index is 13.1. The Kier molecular flexibility index (Phi) is 5.86. The van der Waals surface area contributed by atoms with E-state index >= 15 is 0 Å². The van der Waals surface area contributed by atoms with Gasteiger partial charge in [0.2, 0.25) is 10.0 Å². The summed E-state index contributed by atoms with van der Waals surface area (Å²) in [6.07, 6.45) is 1.49. The molecule has 1 N–H and O–H groups in total. The highest BCUT2D eigenvalue weighted by Gasteiger charge is 2.26. The number of nitrogens with zero attached hydrogens (tertiary/aromatic N) is 1. The maximum absolute atomic E-state index is 13.1. The van der Waals surface area contributed by atoms with Gasteiger partial charge >= 0.3 is 0 Å². The van der Waals surface area contributed by atoms with E-state index < -0.39 is 10.0 Å². The lowest BCUT2D eigenvalue weighted by Gasteiger charge is -2.28. The summed E-state index contributed by atoms with van der Waals surface area (Å²) < 4.78 is 26.3. The van der Waals surface area contributed by atoms with Crippen LogP contribution in [-0.2, 0) is 10.0 Å². The van der Waals surface area contributed by atoms with Gasteiger partial charge in [0.15, 0.2) is 0 Å². The fraction of sp³-hybridized carbons (Fsp3) is 0.208. The molecular formula is C24H24N2O3S. The molecule has 0 spiro atoms. The van der Waals surface area contributed by atoms with E-state index in [0.29, 0.717) is 24.2 Å². The molecule has 154 valence electrons. The number of carbonyl (C=O) groups is 1. The first-order valence-electron chi connectivity index (χ1n) is 10.1. The minimum atomic E-state index is -3.33. The third kappa shape index (κ3) is 4.39. The first-order chi connectivity index (χ1) is 14.5. The van der Waals surface area contributed by atoms with Gasteiger partial charge in [-0.25, -0.2) is 8.42 Å². The number of rotatable bonds is 5. The standard InChI is InChI=1S/C24H24N2O3S/c27-24(21-14-9-15-22(18-21)26-16-7-8-17-30(26,28)29)25-23(19-10-3-1-4-11-19)20-12-5-2-6-13-20/h1-6,9-15,18,23H,7-8,16-17H2,(H,25,27). The van der Waals surface area contributed by atoms with E-state index in [1.165, 1.54) is 4.31 Å². The Balaban J connectivity index is 1.62. The number of carbonyl (C=O) groups excluding carboxylic acids is 1. The van der Waals surface area contributed by atoms with E-state index in [9.17, 15) is 13.2 Å². The van der Waals surface area contributed by atoms with Crippen LogP contribution in [0.15, 0.2) is 84.9 Å². The summed E-state index contributed by atoms with van der Waals surface area (Å²) >= 11 is 0. The summed E-state index contributed by atoms with van der Waals surface area (Å²) in [5.74, 6) is -0.1000. The minimum absolute atomic E-state index is 0.146. The van der Waals surface area contributed by atoms with Crippen molar-refractivity contribution < 1.29 is 13.2 Å². The lowest BCUT2D eigenvalue weighted by Crippen LogP contribution is -2.38. The summed E-state index contributed by atoms with van der Waals surface area (Å²) in [6, 6.07) is 26.1. The molecule has 1 heterocycles. The van der Waals surface area contributed by atoms with Gasteiger partial charge in [0.25, 0.3) is 5.91 Å². The maximum Gasteiger partial charge on any atom is 0.252 e. The smallest absolute Gasteiger partial charge is 0.252 e. The van der Waals surface area contributed by atoms with Crippen molar-refractivity contribution in [2.24, 2.45) is 0 Å². The van der Waals surface area contributed by atoms with Crippen LogP contribution in [-0.4, -0.2) is 26.6 Å². The molecule has 0 bridgehead atoms. The molecular weight excluding hydrogens is 396 g/mol. The molecule has 1 saturated heterocycles. The minimum Gasteiger partial charge on any atom is -0.341 e. The van der Waals surface area contributed by atoms with Crippen LogP contribution in [0.4, 0.5) is 5.69 Å². The van der Waals surface area contributed by atoms with Crippen LogP contribution in [0.3, 0.4) is 0 Å². The van der Waals surface area contributed by atoms with Gasteiger partial charge in [0.05, 0.1) is 17.5 Å². The Bertz CT molecular complexity index is 1080. The van der Waals surface area contributed by atoms with E-state index in [1.807, 2.05) is 60.7 Å². The van der Waals surface area contributed by atoms with Crippen LogP contribution in [0, 0.1) is 0 Å². The predicted octanol–water partition coefficient (Wildman–Crippen LogP) is 4.14. The quantitative estimate of drug-likeness (QED) is 0.675. The van der Waals surface area contributed by atoms with Crippen molar-refractivity contribution in [3.63, 3.8) is 0 Å². The zero-order valence-corrected chi connectivity index (χ0v) is 17.4. The molecule has 4 rings (SSSR count). The van der Waals surface area contributed by atoms with Gasteiger partial charge in [-0.2, -0.15) is 0 Å². The molecule has 1 aliphatic heterocycles. The first-order valence-corrected chi connectivity index (χ1v) is 11.7. The topological polar surface area (TPSA) is 66.5 Å². The van der Waals surface area contributed by atoms with Crippen molar-refractivity contribution in [2.75, 3.05) is 16.6 Å². The van der Waals surface area contributed by atoms with E-state index in [-0.39, 0.29) is 17.7 Å². The summed E-state index contributed by atoms with van der Waals surface area (Å²) in [5.41, 5.74) is 2.93. The Hall–Kier alpha value is -3.12. The zero-order valence-electron chi connectivity index (χ0n) is 16.6. The summed E-state index contributed by atoms with van der Waals surface area (Å²) in [4.78, 5) is 13.1. The van der Waals surface area contributed by atoms with Crippen LogP contribution < -0.4 is 9.62 Å². The predicted molar refractivity (Wildman–Crippen MR) is 119 cm³/mol. The highest BCUT2D eigenvalue weighted by atomic mass is 32.2. The molecule has 0 unspecified atom stereocenters. The highest BCUT2D eigenvalue weighted by molar-refractivity contribution is 7.92. The molecule has 0 saturated carbocycles. The zero-order chi connectivity index (χ0) is 21.0. The van der Waals surface area contributed by atoms with Gasteiger partial charge in [0, 0.05) is 12.1 Å². The molecule has 0 aliphatic carbocycles. The van der Waals surface area contributed by atoms with Crippen molar-refractivity contribution in [2.45, 2.75) is 18.9 Å². The molecule has 1 aliphatic rings. The number of amides is 1. The highest BCUT2D eigenvalue weighted by Crippen LogP contribution is 2.26. The van der Waals surface area contributed by atoms with Crippen LogP contribution >= 0.6 is 0 Å². The van der Waals surface area contributed by atoms with E-state index in [1.54, 1.807) is 24.3 Å². The molecule has 5 nitrogen and oxygen atoms in total. The second-order valence-electron chi connectivity index (χ2n) is 7.37. The Labute approximate surface area is 177 Å². The van der Waals surface area contributed by atoms with Gasteiger partial charge in [-0.15, -0.1) is 0 Å². The number of benzene rings is 3. The number of hydrogen-bond donors (Lipinski definition) is 1. The Morgan fingerprint density at radius 1 is 0.833 bits per heavy atom. The molecule has 0 radical (unpaired) electrons. The van der Waals surface area contributed by atoms with E-state index in [0.717, 1.165) is 17.5 Å². The van der Waals surface area contributed by atoms with E-state index in [4.69, 9.17) is 0 Å². The number of anilines is 1. The fourth-order valence-electron chi connectivity index (χ4n) is 3.75. The van der Waals surface area contributed by atoms with Gasteiger partial charge in [-0.05, 0) is 42.2 Å². The monoisotopic (exact) mass is 420 g/mol. The number of hydrogen-bond acceptors (Lipinski definition) is 3. The first kappa shape index (κ1) is 20.2. The normalized spacial score (nSPS) is 15.7. The van der Waals surface area contributed by atoms with Crippen molar-refractivity contribution in [1.29, 1.82) is 0 Å². The summed E-state index contributed by atoms with van der Waals surface area (Å²) in [7, 11) is -3.33. The van der Waals surface area contributed by atoms with Crippen molar-refractivity contribution >= 4 is 21.6 Å². The van der Waals surface area contributed by atoms with Gasteiger partial charge in [0.1, 0.15) is 0 Å². The van der Waals surface area contributed by atoms with Gasteiger partial charge in [-0.3, -0.25) is 9.10 Å². The summed E-state index contributed by atoms with van der Waals surface area (Å²) in [5, 5.41) is 3.11. The average molecular weight is 421 g/mol. The second kappa shape index (κ2) is 8.71. The molecule has 1 amide bonds. The SMILES string of the molecule is O=C(NC(c1ccccc1)c1ccccc1)c1cccc(N2CCCCS2(=O)=O)c1. The third-order valence-electron chi connectivity index (χ3n) is 5.29. The fourth-order valence-corrected chi connectivity index (χ4v) is 5.38. The lowest BCUT2D eigenvalue weighted by molar-refractivity contribution is 0.0943. The largest absolute Gasteiger partial charge is 0.341 e. The van der Waals surface area contributed by atoms with Crippen LogP contribution in [0.1, 0.15) is 40.4 Å². The van der Waals surface area contributed by atoms with Gasteiger partial charge in [-0.1, -0.05) is 66.7 Å². The molecule has 3 aromatic rings. The lowest BCUT2D eigenvalue weighted by atomic mass is 9.98. The average Bonchev–Trinajstić information content (AvgIpc) is 2.78. The summed E-state index contributed by atoms with van der Waals surface area (Å²) in [6.45, 7) is 0.448. The van der Waals surface area contributed by atoms with Crippen LogP contribution in [0.5, 0.6) is 0 Å². The number of sulfonamides is 1.